The molecule has 0 saturated heterocycles. The number of amides is 1. The third-order valence-corrected chi connectivity index (χ3v) is 4.75. The average Bonchev–Trinajstić information content (AvgIpc) is 3.07. The molecule has 3 N–H and O–H groups in total. The van der Waals surface area contributed by atoms with Crippen molar-refractivity contribution in [3.63, 3.8) is 0 Å². The fourth-order valence-corrected chi connectivity index (χ4v) is 2.32. The summed E-state index contributed by atoms with van der Waals surface area (Å²) in [5.41, 5.74) is 6.33. The minimum Gasteiger partial charge on any atom is -0.368 e. The number of carbonyl (C=O) groups excluding carboxylic acids is 1. The van der Waals surface area contributed by atoms with E-state index in [9.17, 15) is 4.79 Å². The smallest absolute Gasteiger partial charge is 0.239 e. The van der Waals surface area contributed by atoms with Crippen molar-refractivity contribution < 1.29 is 4.79 Å². The third-order valence-electron chi connectivity index (χ3n) is 2.87. The van der Waals surface area contributed by atoms with E-state index in [1.807, 2.05) is 18.2 Å². The summed E-state index contributed by atoms with van der Waals surface area (Å²) in [6, 6.07) is 5.33. The molecule has 5 heteroatoms. The van der Waals surface area contributed by atoms with Crippen molar-refractivity contribution in [2.75, 3.05) is 6.54 Å². The normalized spacial score (nSPS) is 16.8. The first-order chi connectivity index (χ1) is 8.08. The number of hydrogen-bond acceptors (Lipinski definition) is 2. The van der Waals surface area contributed by atoms with Crippen LogP contribution in [0.1, 0.15) is 24.4 Å². The first kappa shape index (κ1) is 13.1. The number of hydrogen-bond donors (Lipinski definition) is 2. The highest BCUT2D eigenvalue weighted by Gasteiger charge is 2.25. The zero-order chi connectivity index (χ0) is 12.4. The lowest BCUT2D eigenvalue weighted by atomic mass is 10.1. The lowest BCUT2D eigenvalue weighted by Crippen LogP contribution is -2.34. The SMILES string of the molecule is NC(=O)C(NCC1CC1)c1ccc(Br)c(Br)c1. The third kappa shape index (κ3) is 3.53. The zero-order valence-electron chi connectivity index (χ0n) is 9.25. The second-order valence-electron chi connectivity index (χ2n) is 4.36. The molecule has 1 fully saturated rings. The van der Waals surface area contributed by atoms with Gasteiger partial charge < -0.3 is 11.1 Å². The second-order valence-corrected chi connectivity index (χ2v) is 6.07. The highest BCUT2D eigenvalue weighted by molar-refractivity contribution is 9.13. The van der Waals surface area contributed by atoms with Crippen LogP contribution in [0.4, 0.5) is 0 Å². The number of carbonyl (C=O) groups is 1. The van der Waals surface area contributed by atoms with Gasteiger partial charge in [-0.1, -0.05) is 6.07 Å². The molecule has 92 valence electrons. The van der Waals surface area contributed by atoms with E-state index in [2.05, 4.69) is 37.2 Å². The van der Waals surface area contributed by atoms with Gasteiger partial charge in [-0.05, 0) is 74.9 Å². The maximum Gasteiger partial charge on any atom is 0.239 e. The summed E-state index contributed by atoms with van der Waals surface area (Å²) in [5.74, 6) is 0.385. The van der Waals surface area contributed by atoms with Gasteiger partial charge in [0, 0.05) is 8.95 Å². The Morgan fingerprint density at radius 3 is 2.65 bits per heavy atom. The van der Waals surface area contributed by atoms with Crippen molar-refractivity contribution in [3.05, 3.63) is 32.7 Å². The molecule has 1 atom stereocenters. The summed E-state index contributed by atoms with van der Waals surface area (Å²) in [5, 5.41) is 3.23. The minimum atomic E-state index is -0.403. The van der Waals surface area contributed by atoms with Crippen LogP contribution in [0.2, 0.25) is 0 Å². The van der Waals surface area contributed by atoms with Gasteiger partial charge >= 0.3 is 0 Å². The van der Waals surface area contributed by atoms with Gasteiger partial charge in [0.05, 0.1) is 0 Å². The molecule has 1 saturated carbocycles. The van der Waals surface area contributed by atoms with Gasteiger partial charge in [0.25, 0.3) is 0 Å². The number of nitrogens with two attached hydrogens (primary N) is 1. The van der Waals surface area contributed by atoms with Crippen molar-refractivity contribution in [3.8, 4) is 0 Å². The lowest BCUT2D eigenvalue weighted by Gasteiger charge is -2.16. The second kappa shape index (κ2) is 5.50. The lowest BCUT2D eigenvalue weighted by molar-refractivity contribution is -0.120. The van der Waals surface area contributed by atoms with E-state index >= 15 is 0 Å². The van der Waals surface area contributed by atoms with Crippen molar-refractivity contribution in [2.45, 2.75) is 18.9 Å². The van der Waals surface area contributed by atoms with Crippen LogP contribution in [0.25, 0.3) is 0 Å². The summed E-state index contributed by atoms with van der Waals surface area (Å²) < 4.78 is 1.89. The van der Waals surface area contributed by atoms with Gasteiger partial charge in [-0.25, -0.2) is 0 Å². The summed E-state index contributed by atoms with van der Waals surface area (Å²) in [4.78, 5) is 11.5. The molecular formula is C12H14Br2N2O. The number of primary amides is 1. The fraction of sp³-hybridized carbons (Fsp3) is 0.417. The Balaban J connectivity index is 2.12. The summed E-state index contributed by atoms with van der Waals surface area (Å²) >= 11 is 6.83. The summed E-state index contributed by atoms with van der Waals surface area (Å²) in [7, 11) is 0. The molecule has 1 aliphatic carbocycles. The van der Waals surface area contributed by atoms with Crippen molar-refractivity contribution in [1.29, 1.82) is 0 Å². The number of benzene rings is 1. The standard InChI is InChI=1S/C12H14Br2N2O/c13-9-4-3-8(5-10(9)14)11(12(15)17)16-6-7-1-2-7/h3-5,7,11,16H,1-2,6H2,(H2,15,17). The quantitative estimate of drug-likeness (QED) is 0.847. The fourth-order valence-electron chi connectivity index (χ4n) is 1.68. The van der Waals surface area contributed by atoms with Crippen molar-refractivity contribution in [2.24, 2.45) is 11.7 Å². The first-order valence-corrected chi connectivity index (χ1v) is 7.14. The van der Waals surface area contributed by atoms with Gasteiger partial charge in [0.15, 0.2) is 0 Å². The molecule has 0 spiro atoms. The van der Waals surface area contributed by atoms with Gasteiger partial charge in [-0.3, -0.25) is 4.79 Å². The van der Waals surface area contributed by atoms with E-state index < -0.39 is 6.04 Å². The number of rotatable bonds is 5. The molecule has 1 aromatic rings. The molecule has 17 heavy (non-hydrogen) atoms. The van der Waals surface area contributed by atoms with E-state index in [0.717, 1.165) is 27.0 Å². The van der Waals surface area contributed by atoms with Crippen LogP contribution in [-0.2, 0) is 4.79 Å². The Bertz CT molecular complexity index is 433. The Hall–Kier alpha value is -0.390. The Kier molecular flexibility index (Phi) is 4.22. The highest BCUT2D eigenvalue weighted by Crippen LogP contribution is 2.30. The van der Waals surface area contributed by atoms with E-state index in [1.54, 1.807) is 0 Å². The molecule has 1 aromatic carbocycles. The molecule has 1 unspecified atom stereocenters. The predicted molar refractivity (Wildman–Crippen MR) is 74.5 cm³/mol. The zero-order valence-corrected chi connectivity index (χ0v) is 12.4. The molecule has 0 aliphatic heterocycles. The van der Waals surface area contributed by atoms with E-state index in [1.165, 1.54) is 12.8 Å². The summed E-state index contributed by atoms with van der Waals surface area (Å²) in [6.07, 6.45) is 2.50. The molecule has 3 nitrogen and oxygen atoms in total. The molecule has 0 aromatic heterocycles. The number of nitrogens with one attached hydrogen (secondary N) is 1. The van der Waals surface area contributed by atoms with Crippen LogP contribution in [0.3, 0.4) is 0 Å². The van der Waals surface area contributed by atoms with Crippen molar-refractivity contribution >= 4 is 37.8 Å². The van der Waals surface area contributed by atoms with Gasteiger partial charge in [0.2, 0.25) is 5.91 Å². The molecule has 0 bridgehead atoms. The first-order valence-electron chi connectivity index (χ1n) is 5.55. The topological polar surface area (TPSA) is 55.1 Å². The molecule has 1 aliphatic rings. The van der Waals surface area contributed by atoms with E-state index in [0.29, 0.717) is 0 Å². The number of halogens is 2. The van der Waals surface area contributed by atoms with Crippen molar-refractivity contribution in [1.82, 2.24) is 5.32 Å². The van der Waals surface area contributed by atoms with E-state index in [-0.39, 0.29) is 5.91 Å². The molecule has 0 heterocycles. The largest absolute Gasteiger partial charge is 0.368 e. The monoisotopic (exact) mass is 360 g/mol. The highest BCUT2D eigenvalue weighted by atomic mass is 79.9. The van der Waals surface area contributed by atoms with Crippen LogP contribution in [-0.4, -0.2) is 12.5 Å². The van der Waals surface area contributed by atoms with E-state index in [4.69, 9.17) is 5.73 Å². The molecule has 0 radical (unpaired) electrons. The van der Waals surface area contributed by atoms with Crippen LogP contribution >= 0.6 is 31.9 Å². The molecule has 1 amide bonds. The summed E-state index contributed by atoms with van der Waals surface area (Å²) in [6.45, 7) is 0.862. The van der Waals surface area contributed by atoms with Crippen LogP contribution in [0.5, 0.6) is 0 Å². The Morgan fingerprint density at radius 1 is 1.41 bits per heavy atom. The maximum atomic E-state index is 11.5. The Morgan fingerprint density at radius 2 is 2.12 bits per heavy atom. The van der Waals surface area contributed by atoms with Gasteiger partial charge in [-0.15, -0.1) is 0 Å². The van der Waals surface area contributed by atoms with Crippen LogP contribution in [0.15, 0.2) is 27.1 Å². The minimum absolute atomic E-state index is 0.333. The Labute approximate surface area is 117 Å². The van der Waals surface area contributed by atoms with Crippen LogP contribution in [0, 0.1) is 5.92 Å². The maximum absolute atomic E-state index is 11.5. The van der Waals surface area contributed by atoms with Crippen LogP contribution < -0.4 is 11.1 Å². The average molecular weight is 362 g/mol. The predicted octanol–water partition coefficient (Wildman–Crippen LogP) is 2.74. The molecular weight excluding hydrogens is 348 g/mol. The van der Waals surface area contributed by atoms with Gasteiger partial charge in [0.1, 0.15) is 6.04 Å². The van der Waals surface area contributed by atoms with Gasteiger partial charge in [-0.2, -0.15) is 0 Å². The molecule has 2 rings (SSSR count).